The zero-order valence-corrected chi connectivity index (χ0v) is 3.51. The minimum atomic E-state index is -0.963. The Morgan fingerprint density at radius 3 is 1.40 bits per heavy atom. The van der Waals surface area contributed by atoms with Gasteiger partial charge in [-0.25, -0.2) is 0 Å². The summed E-state index contributed by atoms with van der Waals surface area (Å²) in [6.45, 7) is 1.42. The van der Waals surface area contributed by atoms with Crippen molar-refractivity contribution in [2.24, 2.45) is 5.73 Å². The average Bonchev–Trinajstić information content (AvgIpc) is 1.36. The average molecular weight is 185 g/mol. The molecule has 0 saturated heterocycles. The van der Waals surface area contributed by atoms with E-state index in [0.717, 1.165) is 0 Å². The number of nitrogens with two attached hydrogens (primary N) is 1. The predicted molar refractivity (Wildman–Crippen MR) is 49.9 cm³/mol. The molecule has 3 nitrogen and oxygen atoms in total. The van der Waals surface area contributed by atoms with Crippen LogP contribution < -0.4 is 5.73 Å². The first-order valence-electron chi connectivity index (χ1n) is 1.63. The van der Waals surface area contributed by atoms with Crippen LogP contribution in [0.25, 0.3) is 0 Å². The van der Waals surface area contributed by atoms with E-state index < -0.39 is 12.0 Å². The van der Waals surface area contributed by atoms with Gasteiger partial charge in [0.15, 0.2) is 0 Å². The zero-order valence-electron chi connectivity index (χ0n) is 3.51. The van der Waals surface area contributed by atoms with Gasteiger partial charge in [0.05, 0.1) is 0 Å². The maximum absolute atomic E-state index is 9.57. The molecule has 44 valence electrons. The van der Waals surface area contributed by atoms with E-state index in [1.165, 1.54) is 6.92 Å². The first-order valence-corrected chi connectivity index (χ1v) is 1.63. The van der Waals surface area contributed by atoms with Gasteiger partial charge in [-0.05, 0) is 6.92 Å². The van der Waals surface area contributed by atoms with Crippen molar-refractivity contribution in [3.05, 3.63) is 0 Å². The molecule has 1 unspecified atom stereocenters. The quantitative estimate of drug-likeness (QED) is 0.423. The van der Waals surface area contributed by atoms with Crippen LogP contribution in [0.5, 0.6) is 0 Å². The molecule has 7 heteroatoms. The van der Waals surface area contributed by atoms with Crippen LogP contribution in [0.2, 0.25) is 0 Å². The Kier molecular flexibility index (Phi) is 53.3. The van der Waals surface area contributed by atoms with Crippen molar-refractivity contribution in [3.8, 4) is 0 Å². The van der Waals surface area contributed by atoms with Crippen LogP contribution in [0.4, 0.5) is 0 Å². The Hall–Kier alpha value is 3.43. The topological polar surface area (TPSA) is 63.3 Å². The van der Waals surface area contributed by atoms with Gasteiger partial charge in [-0.1, -0.05) is 0 Å². The fourth-order valence-corrected chi connectivity index (χ4v) is 0. The van der Waals surface area contributed by atoms with Crippen LogP contribution in [-0.4, -0.2) is 135 Å². The number of hydrogen-bond donors (Lipinski definition) is 2. The van der Waals surface area contributed by atoms with Gasteiger partial charge in [-0.3, -0.25) is 4.79 Å². The van der Waals surface area contributed by atoms with Crippen molar-refractivity contribution in [1.29, 1.82) is 0 Å². The van der Waals surface area contributed by atoms with E-state index in [1.807, 2.05) is 0 Å². The number of carboxylic acid groups (broad SMARTS) is 1. The van der Waals surface area contributed by atoms with Crippen molar-refractivity contribution in [1.82, 2.24) is 0 Å². The molecule has 0 aromatic carbocycles. The fourth-order valence-electron chi connectivity index (χ4n) is 0. The second-order valence-electron chi connectivity index (χ2n) is 1.13. The molecule has 1 atom stereocenters. The molecule has 0 radical (unpaired) electrons. The predicted octanol–water partition coefficient (Wildman–Crippen LogP) is -3.18. The molecule has 0 aliphatic carbocycles. The zero-order chi connectivity index (χ0) is 5.15. The number of carboxylic acids is 1. The number of carbonyl (C=O) groups is 1. The molecule has 0 spiro atoms. The van der Waals surface area contributed by atoms with Crippen LogP contribution in [0.3, 0.4) is 0 Å². The van der Waals surface area contributed by atoms with Crippen LogP contribution in [-0.2, 0) is 4.79 Å². The van der Waals surface area contributed by atoms with Gasteiger partial charge in [0.1, 0.15) is 6.04 Å². The molecule has 3 N–H and O–H groups in total. The van der Waals surface area contributed by atoms with Crippen LogP contribution >= 0.6 is 0 Å². The van der Waals surface area contributed by atoms with E-state index in [9.17, 15) is 4.79 Å². The summed E-state index contributed by atoms with van der Waals surface area (Å²) in [5.74, 6) is -0.963. The molecule has 0 aromatic heterocycles. The van der Waals surface area contributed by atoms with Crippen molar-refractivity contribution in [2.75, 3.05) is 0 Å². The van der Waals surface area contributed by atoms with E-state index in [-0.39, 0.29) is 118 Å². The Morgan fingerprint density at radius 1 is 1.30 bits per heavy atom. The third-order valence-electron chi connectivity index (χ3n) is 0.390. The summed E-state index contributed by atoms with van der Waals surface area (Å²) in [5, 5.41) is 7.87. The van der Waals surface area contributed by atoms with E-state index in [2.05, 4.69) is 0 Å². The van der Waals surface area contributed by atoms with Crippen molar-refractivity contribution < 1.29 is 9.90 Å². The summed E-state index contributed by atoms with van der Waals surface area (Å²) >= 11 is 0. The number of hydrogen-bond acceptors (Lipinski definition) is 2. The SMILES string of the molecule is CC(N)C(=O)O.[NaH].[NaH].[NaH].[NaH]. The third-order valence-corrected chi connectivity index (χ3v) is 0.390. The van der Waals surface area contributed by atoms with Gasteiger partial charge in [-0.15, -0.1) is 0 Å². The Labute approximate surface area is 149 Å². The molecule has 0 aliphatic heterocycles. The standard InChI is InChI=1S/C3H7NO2.4Na.4H/c1-2(4)3(5)6;;;;;;;;/h2H,4H2,1H3,(H,5,6);;;;;;;;. The van der Waals surface area contributed by atoms with E-state index >= 15 is 0 Å². The maximum atomic E-state index is 9.57. The van der Waals surface area contributed by atoms with Gasteiger partial charge in [0.25, 0.3) is 0 Å². The van der Waals surface area contributed by atoms with Crippen molar-refractivity contribution in [3.63, 3.8) is 0 Å². The first kappa shape index (κ1) is 29.2. The number of aliphatic carboxylic acids is 1. The van der Waals surface area contributed by atoms with Crippen LogP contribution in [0.1, 0.15) is 6.92 Å². The summed E-state index contributed by atoms with van der Waals surface area (Å²) in [6.07, 6.45) is 0. The van der Waals surface area contributed by atoms with Gasteiger partial charge < -0.3 is 10.8 Å². The summed E-state index contributed by atoms with van der Waals surface area (Å²) < 4.78 is 0. The molecule has 0 fully saturated rings. The van der Waals surface area contributed by atoms with E-state index in [0.29, 0.717) is 0 Å². The van der Waals surface area contributed by atoms with Crippen LogP contribution in [0.15, 0.2) is 0 Å². The van der Waals surface area contributed by atoms with Gasteiger partial charge in [-0.2, -0.15) is 0 Å². The second kappa shape index (κ2) is 18.3. The van der Waals surface area contributed by atoms with Crippen LogP contribution in [0, 0.1) is 0 Å². The molecule has 0 saturated carbocycles. The summed E-state index contributed by atoms with van der Waals surface area (Å²) in [5.41, 5.74) is 4.84. The molecular weight excluding hydrogens is 174 g/mol. The molecule has 0 rings (SSSR count). The number of rotatable bonds is 1. The molecule has 10 heavy (non-hydrogen) atoms. The molecule has 0 aromatic rings. The summed E-state index contributed by atoms with van der Waals surface area (Å²) in [4.78, 5) is 9.57. The van der Waals surface area contributed by atoms with Crippen molar-refractivity contribution >= 4 is 124 Å². The third kappa shape index (κ3) is 22.5. The monoisotopic (exact) mass is 185 g/mol. The molecule has 0 amide bonds. The minimum absolute atomic E-state index is 0. The molecule has 0 bridgehead atoms. The van der Waals surface area contributed by atoms with Crippen molar-refractivity contribution in [2.45, 2.75) is 13.0 Å². The van der Waals surface area contributed by atoms with Gasteiger partial charge in [0.2, 0.25) is 0 Å². The fraction of sp³-hybridized carbons (Fsp3) is 0.667. The Morgan fingerprint density at radius 2 is 1.40 bits per heavy atom. The molecule has 0 heterocycles. The first-order chi connectivity index (χ1) is 2.64. The summed E-state index contributed by atoms with van der Waals surface area (Å²) in [7, 11) is 0. The molecule has 0 aliphatic rings. The van der Waals surface area contributed by atoms with Gasteiger partial charge >= 0.3 is 124 Å². The Bertz CT molecular complexity index is 69.5. The normalized spacial score (nSPS) is 8.20. The van der Waals surface area contributed by atoms with E-state index in [4.69, 9.17) is 10.8 Å². The van der Waals surface area contributed by atoms with E-state index in [1.54, 1.807) is 0 Å². The second-order valence-corrected chi connectivity index (χ2v) is 1.13. The van der Waals surface area contributed by atoms with Gasteiger partial charge in [0, 0.05) is 0 Å². The summed E-state index contributed by atoms with van der Waals surface area (Å²) in [6, 6.07) is -0.731. The Balaban J connectivity index is -0.0000000208. The molecular formula is C3H11NNa4O2.